The lowest BCUT2D eigenvalue weighted by Gasteiger charge is -2.34. The highest BCUT2D eigenvalue weighted by molar-refractivity contribution is 6.35. The second-order valence-corrected chi connectivity index (χ2v) is 6.31. The van der Waals surface area contributed by atoms with Gasteiger partial charge < -0.3 is 19.6 Å². The fourth-order valence-corrected chi connectivity index (χ4v) is 2.98. The summed E-state index contributed by atoms with van der Waals surface area (Å²) in [5, 5.41) is 8.93. The van der Waals surface area contributed by atoms with Crippen molar-refractivity contribution < 1.29 is 24.2 Å². The first-order chi connectivity index (χ1) is 13.0. The van der Waals surface area contributed by atoms with Gasteiger partial charge in [-0.05, 0) is 35.4 Å². The molecule has 2 aromatic carbocycles. The quantitative estimate of drug-likeness (QED) is 0.785. The average molecular weight is 368 g/mol. The second-order valence-electron chi connectivity index (χ2n) is 6.31. The molecular formula is C20H20N2O5. The molecule has 0 spiro atoms. The van der Waals surface area contributed by atoms with E-state index < -0.39 is 17.8 Å². The van der Waals surface area contributed by atoms with Crippen molar-refractivity contribution in [1.82, 2.24) is 9.80 Å². The molecule has 0 unspecified atom stereocenters. The number of carboxylic acids is 1. The van der Waals surface area contributed by atoms with Crippen LogP contribution in [0.1, 0.15) is 21.5 Å². The first kappa shape index (κ1) is 18.4. The number of methoxy groups -OCH3 is 1. The lowest BCUT2D eigenvalue weighted by Crippen LogP contribution is -2.53. The molecule has 0 aromatic heterocycles. The van der Waals surface area contributed by atoms with Gasteiger partial charge in [-0.25, -0.2) is 4.79 Å². The normalized spacial score (nSPS) is 14.4. The molecule has 2 amide bonds. The maximum atomic E-state index is 12.5. The van der Waals surface area contributed by atoms with Crippen LogP contribution in [-0.4, -0.2) is 52.9 Å². The summed E-state index contributed by atoms with van der Waals surface area (Å²) in [4.78, 5) is 38.8. The van der Waals surface area contributed by atoms with Gasteiger partial charge in [0, 0.05) is 26.2 Å². The van der Waals surface area contributed by atoms with Crippen LogP contribution in [0.3, 0.4) is 0 Å². The van der Waals surface area contributed by atoms with Crippen LogP contribution < -0.4 is 4.74 Å². The van der Waals surface area contributed by atoms with E-state index in [0.29, 0.717) is 25.4 Å². The Labute approximate surface area is 156 Å². The number of rotatable bonds is 6. The molecule has 0 radical (unpaired) electrons. The summed E-state index contributed by atoms with van der Waals surface area (Å²) < 4.78 is 5.18. The molecule has 1 aliphatic heterocycles. The zero-order chi connectivity index (χ0) is 19.4. The third kappa shape index (κ3) is 4.25. The number of amides is 2. The van der Waals surface area contributed by atoms with Crippen molar-refractivity contribution in [3.63, 3.8) is 0 Å². The molecule has 1 N–H and O–H groups in total. The fraction of sp³-hybridized carbons (Fsp3) is 0.250. The fourth-order valence-electron chi connectivity index (χ4n) is 2.98. The lowest BCUT2D eigenvalue weighted by atomic mass is 10.1. The Morgan fingerprint density at radius 3 is 2.11 bits per heavy atom. The summed E-state index contributed by atoms with van der Waals surface area (Å²) in [6.45, 7) is 1.49. The van der Waals surface area contributed by atoms with Gasteiger partial charge in [0.05, 0.1) is 12.7 Å². The van der Waals surface area contributed by atoms with Crippen LogP contribution >= 0.6 is 0 Å². The van der Waals surface area contributed by atoms with Gasteiger partial charge in [-0.3, -0.25) is 9.59 Å². The number of carboxylic acid groups (broad SMARTS) is 1. The zero-order valence-electron chi connectivity index (χ0n) is 14.9. The topological polar surface area (TPSA) is 87.2 Å². The molecule has 1 heterocycles. The lowest BCUT2D eigenvalue weighted by molar-refractivity contribution is -0.156. The Bertz CT molecular complexity index is 863. The number of hydrogen-bond acceptors (Lipinski definition) is 4. The molecular weight excluding hydrogens is 348 g/mol. The van der Waals surface area contributed by atoms with Crippen LogP contribution in [0.5, 0.6) is 5.75 Å². The van der Waals surface area contributed by atoms with Gasteiger partial charge in [-0.1, -0.05) is 24.3 Å². The van der Waals surface area contributed by atoms with Crippen molar-refractivity contribution >= 4 is 17.8 Å². The summed E-state index contributed by atoms with van der Waals surface area (Å²) in [5.74, 6) is -1.38. The van der Waals surface area contributed by atoms with E-state index in [2.05, 4.69) is 0 Å². The molecule has 0 saturated carbocycles. The monoisotopic (exact) mass is 368 g/mol. The predicted molar refractivity (Wildman–Crippen MR) is 97.2 cm³/mol. The average Bonchev–Trinajstić information content (AvgIpc) is 2.68. The number of hydrogen-bond donors (Lipinski definition) is 1. The van der Waals surface area contributed by atoms with Crippen molar-refractivity contribution in [3.8, 4) is 5.75 Å². The van der Waals surface area contributed by atoms with Gasteiger partial charge in [0.2, 0.25) is 0 Å². The highest BCUT2D eigenvalue weighted by atomic mass is 16.5. The van der Waals surface area contributed by atoms with Crippen LogP contribution in [0.25, 0.3) is 0 Å². The number of benzene rings is 2. The van der Waals surface area contributed by atoms with Crippen LogP contribution in [0.4, 0.5) is 0 Å². The van der Waals surface area contributed by atoms with E-state index in [1.165, 1.54) is 21.9 Å². The molecule has 7 heteroatoms. The summed E-state index contributed by atoms with van der Waals surface area (Å²) in [6.07, 6.45) is 0. The molecule has 1 aliphatic rings. The van der Waals surface area contributed by atoms with E-state index in [1.807, 2.05) is 24.3 Å². The van der Waals surface area contributed by atoms with Crippen molar-refractivity contribution in [1.29, 1.82) is 0 Å². The minimum atomic E-state index is -1.00. The van der Waals surface area contributed by atoms with E-state index in [1.54, 1.807) is 19.2 Å². The van der Waals surface area contributed by atoms with Crippen molar-refractivity contribution in [2.75, 3.05) is 20.2 Å². The van der Waals surface area contributed by atoms with Gasteiger partial charge in [0.15, 0.2) is 0 Å². The van der Waals surface area contributed by atoms with Gasteiger partial charge in [0.1, 0.15) is 5.75 Å². The summed E-state index contributed by atoms with van der Waals surface area (Å²) in [5.41, 5.74) is 1.86. The Morgan fingerprint density at radius 2 is 1.56 bits per heavy atom. The van der Waals surface area contributed by atoms with Crippen LogP contribution in [0.2, 0.25) is 0 Å². The highest BCUT2D eigenvalue weighted by Gasteiger charge is 2.32. The number of nitrogens with zero attached hydrogens (tertiary/aromatic N) is 2. The Morgan fingerprint density at radius 1 is 0.963 bits per heavy atom. The number of ether oxygens (including phenoxy) is 1. The third-order valence-corrected chi connectivity index (χ3v) is 4.48. The van der Waals surface area contributed by atoms with E-state index in [0.717, 1.165) is 11.1 Å². The van der Waals surface area contributed by atoms with Gasteiger partial charge in [-0.2, -0.15) is 0 Å². The maximum absolute atomic E-state index is 12.5. The van der Waals surface area contributed by atoms with E-state index in [4.69, 9.17) is 9.84 Å². The molecule has 27 heavy (non-hydrogen) atoms. The van der Waals surface area contributed by atoms with E-state index in [-0.39, 0.29) is 12.1 Å². The molecule has 7 nitrogen and oxygen atoms in total. The number of aromatic carboxylic acids is 1. The SMILES string of the molecule is COc1cccc(CN2CCN(Cc3ccc(C(=O)O)cc3)C(=O)C2=O)c1. The van der Waals surface area contributed by atoms with Crippen molar-refractivity contribution in [2.45, 2.75) is 13.1 Å². The van der Waals surface area contributed by atoms with Crippen molar-refractivity contribution in [3.05, 3.63) is 65.2 Å². The Balaban J connectivity index is 1.63. The molecule has 3 rings (SSSR count). The molecule has 0 bridgehead atoms. The maximum Gasteiger partial charge on any atom is 0.335 e. The standard InChI is InChI=1S/C20H20N2O5/c1-27-17-4-2-3-15(11-17)13-22-10-9-21(18(23)19(22)24)12-14-5-7-16(8-6-14)20(25)26/h2-8,11H,9-10,12-13H2,1H3,(H,25,26). The van der Waals surface area contributed by atoms with E-state index >= 15 is 0 Å². The molecule has 0 aliphatic carbocycles. The van der Waals surface area contributed by atoms with E-state index in [9.17, 15) is 14.4 Å². The van der Waals surface area contributed by atoms with Crippen LogP contribution in [-0.2, 0) is 22.7 Å². The Hall–Kier alpha value is -3.35. The minimum Gasteiger partial charge on any atom is -0.497 e. The molecule has 2 aromatic rings. The smallest absolute Gasteiger partial charge is 0.335 e. The number of carbonyl (C=O) groups excluding carboxylic acids is 2. The Kier molecular flexibility index (Phi) is 5.40. The van der Waals surface area contributed by atoms with Crippen molar-refractivity contribution in [2.24, 2.45) is 0 Å². The van der Waals surface area contributed by atoms with Gasteiger partial charge >= 0.3 is 17.8 Å². The number of carbonyl (C=O) groups is 3. The largest absolute Gasteiger partial charge is 0.497 e. The molecule has 0 atom stereocenters. The minimum absolute atomic E-state index is 0.185. The molecule has 140 valence electrons. The third-order valence-electron chi connectivity index (χ3n) is 4.48. The first-order valence-electron chi connectivity index (χ1n) is 8.51. The first-order valence-corrected chi connectivity index (χ1v) is 8.51. The number of piperazine rings is 1. The highest BCUT2D eigenvalue weighted by Crippen LogP contribution is 2.17. The molecule has 1 saturated heterocycles. The predicted octanol–water partition coefficient (Wildman–Crippen LogP) is 1.76. The summed E-state index contributed by atoms with van der Waals surface area (Å²) in [7, 11) is 1.58. The van der Waals surface area contributed by atoms with Crippen LogP contribution in [0.15, 0.2) is 48.5 Å². The van der Waals surface area contributed by atoms with Crippen LogP contribution in [0, 0.1) is 0 Å². The molecule has 1 fully saturated rings. The van der Waals surface area contributed by atoms with Gasteiger partial charge in [-0.15, -0.1) is 0 Å². The zero-order valence-corrected chi connectivity index (χ0v) is 14.9. The summed E-state index contributed by atoms with van der Waals surface area (Å²) >= 11 is 0. The summed E-state index contributed by atoms with van der Waals surface area (Å²) in [6, 6.07) is 13.7. The van der Waals surface area contributed by atoms with Gasteiger partial charge in [0.25, 0.3) is 0 Å². The second kappa shape index (κ2) is 7.90.